The summed E-state index contributed by atoms with van der Waals surface area (Å²) in [5.41, 5.74) is -2.49. The normalized spacial score (nSPS) is 13.5. The van der Waals surface area contributed by atoms with Gasteiger partial charge in [0.25, 0.3) is 0 Å². The molecule has 1 aromatic heterocycles. The van der Waals surface area contributed by atoms with Crippen LogP contribution in [0.2, 0.25) is 0 Å². The van der Waals surface area contributed by atoms with E-state index in [1.807, 2.05) is 0 Å². The maximum atomic E-state index is 13.0. The minimum Gasteiger partial charge on any atom is -0.392 e. The molecule has 1 heterocycles. The van der Waals surface area contributed by atoms with Crippen molar-refractivity contribution in [3.8, 4) is 6.07 Å². The molecule has 1 N–H and O–H groups in total. The molecule has 0 saturated heterocycles. The van der Waals surface area contributed by atoms with Crippen molar-refractivity contribution in [2.75, 3.05) is 0 Å². The van der Waals surface area contributed by atoms with E-state index in [9.17, 15) is 31.1 Å². The second kappa shape index (κ2) is 6.83. The van der Waals surface area contributed by atoms with Crippen molar-refractivity contribution in [3.63, 3.8) is 0 Å². The van der Waals surface area contributed by atoms with Crippen LogP contribution in [0.3, 0.4) is 0 Å². The highest BCUT2D eigenvalue weighted by molar-refractivity contribution is 5.43. The number of aromatic nitrogens is 2. The molecule has 0 radical (unpaired) electrons. The first-order valence-electron chi connectivity index (χ1n) is 6.89. The molecule has 0 amide bonds. The highest BCUT2D eigenvalue weighted by Gasteiger charge is 2.37. The van der Waals surface area contributed by atoms with E-state index in [0.717, 1.165) is 16.8 Å². The highest BCUT2D eigenvalue weighted by atomic mass is 19.4. The van der Waals surface area contributed by atoms with Gasteiger partial charge in [0, 0.05) is 19.5 Å². The van der Waals surface area contributed by atoms with Gasteiger partial charge in [-0.05, 0) is 17.7 Å². The summed E-state index contributed by atoms with van der Waals surface area (Å²) in [5, 5.41) is 13.5. The van der Waals surface area contributed by atoms with Crippen LogP contribution < -0.4 is 11.1 Å². The quantitative estimate of drug-likeness (QED) is 0.651. The number of benzene rings is 1. The molecule has 1 atom stereocenters. The molecule has 0 aliphatic carbocycles. The van der Waals surface area contributed by atoms with Crippen molar-refractivity contribution in [1.82, 2.24) is 15.1 Å². The lowest BCUT2D eigenvalue weighted by Gasteiger charge is -2.21. The molecule has 2 rings (SSSR count). The van der Waals surface area contributed by atoms with Crippen molar-refractivity contribution in [3.05, 3.63) is 51.3 Å². The Morgan fingerprint density at radius 3 is 2.42 bits per heavy atom. The summed E-state index contributed by atoms with van der Waals surface area (Å²) in [7, 11) is 1.20. The van der Waals surface area contributed by atoms with Crippen molar-refractivity contribution in [2.45, 2.75) is 24.9 Å². The smallest absolute Gasteiger partial charge is 0.392 e. The Hall–Kier alpha value is -2.81. The van der Waals surface area contributed by atoms with E-state index in [1.165, 1.54) is 18.4 Å². The Kier molecular flexibility index (Phi) is 5.13. The topological polar surface area (TPSA) is 83.8 Å². The highest BCUT2D eigenvalue weighted by Crippen LogP contribution is 2.34. The molecular weight excluding hydrogens is 370 g/mol. The molecule has 2 aromatic rings. The first-order valence-corrected chi connectivity index (χ1v) is 6.89. The Labute approximate surface area is 141 Å². The largest absolute Gasteiger partial charge is 0.457 e. The van der Waals surface area contributed by atoms with E-state index in [1.54, 1.807) is 0 Å². The monoisotopic (exact) mass is 380 g/mol. The number of aryl methyl sites for hydroxylation is 1. The Balaban J connectivity index is 2.48. The molecule has 0 fully saturated rings. The van der Waals surface area contributed by atoms with E-state index >= 15 is 0 Å². The minimum absolute atomic E-state index is 0.392. The summed E-state index contributed by atoms with van der Waals surface area (Å²) in [4.78, 5) is 11.2. The Morgan fingerprint density at radius 2 is 1.96 bits per heavy atom. The van der Waals surface area contributed by atoms with Crippen molar-refractivity contribution in [1.29, 1.82) is 5.26 Å². The molecule has 0 spiro atoms. The van der Waals surface area contributed by atoms with Gasteiger partial charge in [0.05, 0.1) is 17.2 Å². The van der Waals surface area contributed by atoms with Crippen molar-refractivity contribution in [2.24, 2.45) is 7.05 Å². The summed E-state index contributed by atoms with van der Waals surface area (Å²) in [6.45, 7) is 0. The van der Waals surface area contributed by atoms with Crippen LogP contribution in [0.1, 0.15) is 28.6 Å². The lowest BCUT2D eigenvalue weighted by molar-refractivity contribution is -0.164. The molecule has 0 aliphatic heterocycles. The predicted molar refractivity (Wildman–Crippen MR) is 73.5 cm³/mol. The lowest BCUT2D eigenvalue weighted by Crippen LogP contribution is -2.36. The van der Waals surface area contributed by atoms with E-state index in [4.69, 9.17) is 5.26 Å². The van der Waals surface area contributed by atoms with Gasteiger partial charge >= 0.3 is 18.2 Å². The molecule has 1 unspecified atom stereocenters. The molecule has 0 saturated carbocycles. The third-order valence-corrected chi connectivity index (χ3v) is 3.32. The molecule has 26 heavy (non-hydrogen) atoms. The Morgan fingerprint density at radius 1 is 1.31 bits per heavy atom. The van der Waals surface area contributed by atoms with Crippen LogP contribution in [0.25, 0.3) is 0 Å². The van der Waals surface area contributed by atoms with Crippen molar-refractivity contribution < 1.29 is 30.8 Å². The minimum atomic E-state index is -4.93. The number of halogens is 6. The lowest BCUT2D eigenvalue weighted by atomic mass is 9.97. The van der Waals surface area contributed by atoms with Gasteiger partial charge < -0.3 is 4.42 Å². The summed E-state index contributed by atoms with van der Waals surface area (Å²) >= 11 is 0. The van der Waals surface area contributed by atoms with Gasteiger partial charge in [0.15, 0.2) is 0 Å². The molecular formula is C14H10F6N4O2. The van der Waals surface area contributed by atoms with Crippen LogP contribution in [-0.2, 0) is 19.6 Å². The number of hydrogen-bond donors (Lipinski definition) is 1. The van der Waals surface area contributed by atoms with Crippen LogP contribution in [-0.4, -0.2) is 16.1 Å². The van der Waals surface area contributed by atoms with E-state index in [0.29, 0.717) is 6.07 Å². The number of nitriles is 1. The second-order valence-electron chi connectivity index (χ2n) is 5.20. The average molecular weight is 380 g/mol. The maximum absolute atomic E-state index is 13.0. The first-order chi connectivity index (χ1) is 11.9. The number of hydrogen-bond acceptors (Lipinski definition) is 5. The molecule has 1 aromatic carbocycles. The summed E-state index contributed by atoms with van der Waals surface area (Å²) in [5.74, 6) is -1.32. The summed E-state index contributed by atoms with van der Waals surface area (Å²) < 4.78 is 82.7. The fourth-order valence-electron chi connectivity index (χ4n) is 2.21. The van der Waals surface area contributed by atoms with Crippen LogP contribution >= 0.6 is 0 Å². The molecule has 12 heteroatoms. The van der Waals surface area contributed by atoms with Crippen LogP contribution in [0.15, 0.2) is 27.4 Å². The third kappa shape index (κ3) is 4.63. The van der Waals surface area contributed by atoms with E-state index in [-0.39, 0.29) is 0 Å². The molecule has 140 valence electrons. The SMILES string of the molecule is Cn1nc(CC(NC(F)(F)F)c2ccc(C#N)c(C(F)(F)F)c2)oc1=O. The van der Waals surface area contributed by atoms with Crippen molar-refractivity contribution >= 4 is 0 Å². The van der Waals surface area contributed by atoms with Gasteiger partial charge in [-0.1, -0.05) is 6.07 Å². The zero-order valence-electron chi connectivity index (χ0n) is 12.9. The maximum Gasteiger partial charge on any atom is 0.457 e. The average Bonchev–Trinajstić information content (AvgIpc) is 2.81. The fourth-order valence-corrected chi connectivity index (χ4v) is 2.21. The zero-order valence-corrected chi connectivity index (χ0v) is 12.9. The number of nitrogens with one attached hydrogen (secondary N) is 1. The standard InChI is InChI=1S/C14H10F6N4O2/c1-24-12(25)26-11(23-24)5-10(22-14(18,19)20)7-2-3-8(6-21)9(4-7)13(15,16)17/h2-4,10,22H,5H2,1H3. The van der Waals surface area contributed by atoms with Gasteiger partial charge in [-0.2, -0.15) is 36.3 Å². The fraction of sp³-hybridized carbons (Fsp3) is 0.357. The van der Waals surface area contributed by atoms with Gasteiger partial charge in [-0.15, -0.1) is 5.10 Å². The number of rotatable bonds is 4. The van der Waals surface area contributed by atoms with Gasteiger partial charge in [0.2, 0.25) is 5.89 Å². The number of nitrogens with zero attached hydrogens (tertiary/aromatic N) is 3. The predicted octanol–water partition coefficient (Wildman–Crippen LogP) is 2.66. The van der Waals surface area contributed by atoms with Crippen LogP contribution in [0.5, 0.6) is 0 Å². The zero-order chi connectivity index (χ0) is 19.7. The summed E-state index contributed by atoms with van der Waals surface area (Å²) in [6.07, 6.45) is -10.5. The van der Waals surface area contributed by atoms with Gasteiger partial charge in [-0.3, -0.25) is 0 Å². The van der Waals surface area contributed by atoms with E-state index < -0.39 is 53.3 Å². The van der Waals surface area contributed by atoms with Crippen LogP contribution in [0, 0.1) is 11.3 Å². The first kappa shape index (κ1) is 19.5. The Bertz CT molecular complexity index is 891. The van der Waals surface area contributed by atoms with Crippen LogP contribution in [0.4, 0.5) is 26.3 Å². The van der Waals surface area contributed by atoms with Gasteiger partial charge in [-0.25, -0.2) is 10.1 Å². The third-order valence-electron chi connectivity index (χ3n) is 3.32. The second-order valence-corrected chi connectivity index (χ2v) is 5.20. The molecule has 6 nitrogen and oxygen atoms in total. The molecule has 0 aliphatic rings. The molecule has 0 bridgehead atoms. The van der Waals surface area contributed by atoms with E-state index in [2.05, 4.69) is 9.52 Å². The van der Waals surface area contributed by atoms with Gasteiger partial charge in [0.1, 0.15) is 0 Å². The number of alkyl halides is 6. The summed E-state index contributed by atoms with van der Waals surface area (Å²) in [6, 6.07) is 1.80.